The summed E-state index contributed by atoms with van der Waals surface area (Å²) in [4.78, 5) is 12.2. The van der Waals surface area contributed by atoms with Gasteiger partial charge in [-0.3, -0.25) is 10.2 Å². The Labute approximate surface area is 134 Å². The first-order valence-electron chi connectivity index (χ1n) is 6.63. The molecule has 0 saturated carbocycles. The van der Waals surface area contributed by atoms with Crippen molar-refractivity contribution in [2.24, 2.45) is 5.10 Å². The van der Waals surface area contributed by atoms with Crippen LogP contribution in [0.15, 0.2) is 47.6 Å². The van der Waals surface area contributed by atoms with Crippen LogP contribution in [0, 0.1) is 25.2 Å². The molecule has 2 aromatic rings. The molecular formula is C17H14ClN3O. The topological polar surface area (TPSA) is 65.2 Å². The zero-order valence-electron chi connectivity index (χ0n) is 12.2. The summed E-state index contributed by atoms with van der Waals surface area (Å²) >= 11 is 6.02. The molecule has 0 aliphatic rings. The first-order chi connectivity index (χ1) is 10.5. The van der Waals surface area contributed by atoms with E-state index in [0.717, 1.165) is 11.1 Å². The SMILES string of the molecule is Cc1ccc(C(=O)/C(C#N)=N\Nc2cccc(Cl)c2C)cc1. The molecule has 0 unspecified atom stereocenters. The van der Waals surface area contributed by atoms with Crippen LogP contribution in [0.4, 0.5) is 5.69 Å². The monoisotopic (exact) mass is 311 g/mol. The molecule has 0 aromatic heterocycles. The Kier molecular flexibility index (Phi) is 4.92. The second kappa shape index (κ2) is 6.88. The maximum Gasteiger partial charge on any atom is 0.223 e. The van der Waals surface area contributed by atoms with E-state index in [2.05, 4.69) is 10.5 Å². The fourth-order valence-electron chi connectivity index (χ4n) is 1.81. The molecule has 0 aliphatic carbocycles. The summed E-state index contributed by atoms with van der Waals surface area (Å²) in [5.74, 6) is -0.422. The summed E-state index contributed by atoms with van der Waals surface area (Å²) in [7, 11) is 0. The number of hydrazone groups is 1. The minimum absolute atomic E-state index is 0.205. The van der Waals surface area contributed by atoms with Gasteiger partial charge in [0, 0.05) is 10.6 Å². The predicted molar refractivity (Wildman–Crippen MR) is 88.4 cm³/mol. The highest BCUT2D eigenvalue weighted by molar-refractivity contribution is 6.51. The first-order valence-corrected chi connectivity index (χ1v) is 7.01. The van der Waals surface area contributed by atoms with Crippen LogP contribution in [0.25, 0.3) is 0 Å². The normalized spacial score (nSPS) is 10.9. The van der Waals surface area contributed by atoms with E-state index in [9.17, 15) is 4.79 Å². The molecule has 110 valence electrons. The molecule has 0 spiro atoms. The molecule has 5 heteroatoms. The lowest BCUT2D eigenvalue weighted by Gasteiger charge is -2.06. The summed E-state index contributed by atoms with van der Waals surface area (Å²) < 4.78 is 0. The van der Waals surface area contributed by atoms with Crippen molar-refractivity contribution in [3.63, 3.8) is 0 Å². The average molecular weight is 312 g/mol. The molecule has 0 saturated heterocycles. The van der Waals surface area contributed by atoms with E-state index in [-0.39, 0.29) is 5.71 Å². The number of halogens is 1. The number of carbonyl (C=O) groups excluding carboxylic acids is 1. The number of nitriles is 1. The van der Waals surface area contributed by atoms with Crippen molar-refractivity contribution in [3.8, 4) is 6.07 Å². The van der Waals surface area contributed by atoms with E-state index in [0.29, 0.717) is 16.3 Å². The van der Waals surface area contributed by atoms with Gasteiger partial charge in [-0.2, -0.15) is 10.4 Å². The van der Waals surface area contributed by atoms with Crippen LogP contribution in [-0.4, -0.2) is 11.5 Å². The highest BCUT2D eigenvalue weighted by Crippen LogP contribution is 2.22. The minimum atomic E-state index is -0.422. The Morgan fingerprint density at radius 1 is 1.18 bits per heavy atom. The third-order valence-corrected chi connectivity index (χ3v) is 3.60. The summed E-state index contributed by atoms with van der Waals surface area (Å²) in [6, 6.07) is 14.1. The van der Waals surface area contributed by atoms with E-state index in [1.54, 1.807) is 30.3 Å². The lowest BCUT2D eigenvalue weighted by atomic mass is 10.1. The van der Waals surface area contributed by atoms with Crippen LogP contribution in [0.5, 0.6) is 0 Å². The quantitative estimate of drug-likeness (QED) is 0.524. The van der Waals surface area contributed by atoms with Crippen LogP contribution in [0.3, 0.4) is 0 Å². The van der Waals surface area contributed by atoms with Crippen LogP contribution in [-0.2, 0) is 0 Å². The highest BCUT2D eigenvalue weighted by atomic mass is 35.5. The summed E-state index contributed by atoms with van der Waals surface area (Å²) in [5, 5.41) is 13.6. The third kappa shape index (κ3) is 3.51. The molecular weight excluding hydrogens is 298 g/mol. The van der Waals surface area contributed by atoms with Gasteiger partial charge in [-0.15, -0.1) is 0 Å². The van der Waals surface area contributed by atoms with Crippen molar-refractivity contribution in [1.82, 2.24) is 0 Å². The van der Waals surface area contributed by atoms with Gasteiger partial charge in [0.15, 0.2) is 0 Å². The van der Waals surface area contributed by atoms with Crippen molar-refractivity contribution in [2.45, 2.75) is 13.8 Å². The zero-order chi connectivity index (χ0) is 16.1. The number of rotatable bonds is 4. The molecule has 0 radical (unpaired) electrons. The zero-order valence-corrected chi connectivity index (χ0v) is 13.0. The van der Waals surface area contributed by atoms with Gasteiger partial charge in [0.25, 0.3) is 0 Å². The number of ketones is 1. The van der Waals surface area contributed by atoms with Crippen molar-refractivity contribution in [1.29, 1.82) is 5.26 Å². The van der Waals surface area contributed by atoms with Crippen molar-refractivity contribution in [3.05, 3.63) is 64.2 Å². The molecule has 0 fully saturated rings. The van der Waals surface area contributed by atoms with E-state index >= 15 is 0 Å². The number of nitrogens with one attached hydrogen (secondary N) is 1. The van der Waals surface area contributed by atoms with E-state index < -0.39 is 5.78 Å². The maximum atomic E-state index is 12.2. The molecule has 2 aromatic carbocycles. The van der Waals surface area contributed by atoms with Crippen LogP contribution in [0.2, 0.25) is 5.02 Å². The number of anilines is 1. The van der Waals surface area contributed by atoms with Gasteiger partial charge < -0.3 is 0 Å². The van der Waals surface area contributed by atoms with Crippen molar-refractivity contribution in [2.75, 3.05) is 5.43 Å². The van der Waals surface area contributed by atoms with Crippen LogP contribution < -0.4 is 5.43 Å². The van der Waals surface area contributed by atoms with Gasteiger partial charge in [-0.25, -0.2) is 0 Å². The Bertz CT molecular complexity index is 773. The van der Waals surface area contributed by atoms with Gasteiger partial charge in [0.05, 0.1) is 5.69 Å². The highest BCUT2D eigenvalue weighted by Gasteiger charge is 2.14. The third-order valence-electron chi connectivity index (χ3n) is 3.19. The molecule has 0 atom stereocenters. The van der Waals surface area contributed by atoms with Crippen molar-refractivity contribution >= 4 is 28.8 Å². The van der Waals surface area contributed by atoms with E-state index in [1.807, 2.05) is 32.0 Å². The minimum Gasteiger partial charge on any atom is -0.286 e. The molecule has 0 amide bonds. The molecule has 1 N–H and O–H groups in total. The number of hydrogen-bond donors (Lipinski definition) is 1. The number of Topliss-reactive ketones (excluding diaryl/α,β-unsaturated/α-hetero) is 1. The Hall–Kier alpha value is -2.64. The van der Waals surface area contributed by atoms with Gasteiger partial charge in [0.1, 0.15) is 6.07 Å². The fourth-order valence-corrected chi connectivity index (χ4v) is 1.99. The second-order valence-electron chi connectivity index (χ2n) is 4.79. The Balaban J connectivity index is 2.24. The number of carbonyl (C=O) groups is 1. The predicted octanol–water partition coefficient (Wildman–Crippen LogP) is 4.13. The summed E-state index contributed by atoms with van der Waals surface area (Å²) in [6.45, 7) is 3.76. The lowest BCUT2D eigenvalue weighted by Crippen LogP contribution is -2.14. The van der Waals surface area contributed by atoms with Gasteiger partial charge in [0.2, 0.25) is 11.5 Å². The molecule has 0 aliphatic heterocycles. The largest absolute Gasteiger partial charge is 0.286 e. The van der Waals surface area contributed by atoms with Crippen LogP contribution in [0.1, 0.15) is 21.5 Å². The van der Waals surface area contributed by atoms with Gasteiger partial charge >= 0.3 is 0 Å². The smallest absolute Gasteiger partial charge is 0.223 e. The summed E-state index contributed by atoms with van der Waals surface area (Å²) in [6.07, 6.45) is 0. The standard InChI is InChI=1S/C17H14ClN3O/c1-11-6-8-13(9-7-11)17(22)16(10-19)21-20-15-5-3-4-14(18)12(15)2/h3-9,20H,1-2H3/b21-16-. The number of hydrogen-bond acceptors (Lipinski definition) is 4. The summed E-state index contributed by atoms with van der Waals surface area (Å²) in [5.41, 5.74) is 5.44. The average Bonchev–Trinajstić information content (AvgIpc) is 2.52. The van der Waals surface area contributed by atoms with Crippen LogP contribution >= 0.6 is 11.6 Å². The van der Waals surface area contributed by atoms with Crippen molar-refractivity contribution < 1.29 is 4.79 Å². The fraction of sp³-hybridized carbons (Fsp3) is 0.118. The Morgan fingerprint density at radius 2 is 1.86 bits per heavy atom. The molecule has 0 bridgehead atoms. The number of aryl methyl sites for hydroxylation is 1. The van der Waals surface area contributed by atoms with Gasteiger partial charge in [-0.05, 0) is 31.5 Å². The molecule has 4 nitrogen and oxygen atoms in total. The number of nitrogens with zero attached hydrogens (tertiary/aromatic N) is 2. The molecule has 0 heterocycles. The van der Waals surface area contributed by atoms with E-state index in [1.165, 1.54) is 0 Å². The van der Waals surface area contributed by atoms with E-state index in [4.69, 9.17) is 16.9 Å². The molecule has 22 heavy (non-hydrogen) atoms. The Morgan fingerprint density at radius 3 is 2.50 bits per heavy atom. The second-order valence-corrected chi connectivity index (χ2v) is 5.20. The maximum absolute atomic E-state index is 12.2. The number of benzene rings is 2. The van der Waals surface area contributed by atoms with Gasteiger partial charge in [-0.1, -0.05) is 47.5 Å². The first kappa shape index (κ1) is 15.7. The lowest BCUT2D eigenvalue weighted by molar-refractivity contribution is 0.106. The molecule has 2 rings (SSSR count).